The lowest BCUT2D eigenvalue weighted by Crippen LogP contribution is -1.98. The molecule has 0 aliphatic heterocycles. The summed E-state index contributed by atoms with van der Waals surface area (Å²) in [5.74, 6) is 0. The smallest absolute Gasteiger partial charge is 0.0541 e. The molecule has 0 saturated carbocycles. The van der Waals surface area contributed by atoms with Gasteiger partial charge >= 0.3 is 0 Å². The molecule has 10 aromatic rings. The maximum Gasteiger partial charge on any atom is 0.0541 e. The Morgan fingerprint density at radius 2 is 0.519 bits per heavy atom. The highest BCUT2D eigenvalue weighted by atomic mass is 15.0. The summed E-state index contributed by atoms with van der Waals surface area (Å²) in [5, 5.41) is 5.05. The number of nitrogens with zero attached hydrogens (tertiary/aromatic N) is 2. The highest BCUT2D eigenvalue weighted by Gasteiger charge is 2.18. The Balaban J connectivity index is 1.11. The van der Waals surface area contributed by atoms with E-state index < -0.39 is 0 Å². The van der Waals surface area contributed by atoms with Gasteiger partial charge in [-0.05, 0) is 58.7 Å². The zero-order chi connectivity index (χ0) is 34.4. The fraction of sp³-hybridized carbons (Fsp3) is 0. The first kappa shape index (κ1) is 30.0. The predicted octanol–water partition coefficient (Wildman–Crippen LogP) is 13.4. The monoisotopic (exact) mass is 662 g/mol. The van der Waals surface area contributed by atoms with Gasteiger partial charge in [0.15, 0.2) is 0 Å². The van der Waals surface area contributed by atoms with Gasteiger partial charge in [0.25, 0.3) is 0 Å². The van der Waals surface area contributed by atoms with Crippen molar-refractivity contribution in [2.45, 2.75) is 0 Å². The summed E-state index contributed by atoms with van der Waals surface area (Å²) in [5.41, 5.74) is 14.3. The normalized spacial score (nSPS) is 11.8. The molecule has 0 N–H and O–H groups in total. The molecular weight excluding hydrogens is 629 g/mol. The van der Waals surface area contributed by atoms with E-state index in [1.807, 2.05) is 0 Å². The van der Waals surface area contributed by atoms with Gasteiger partial charge in [0.1, 0.15) is 0 Å². The molecule has 0 saturated heterocycles. The number of hydrogen-bond acceptors (Lipinski definition) is 0. The quantitative estimate of drug-likeness (QED) is 0.157. The third kappa shape index (κ3) is 4.80. The molecular formula is C50H34N2. The van der Waals surface area contributed by atoms with Crippen molar-refractivity contribution in [3.63, 3.8) is 0 Å². The molecule has 0 bridgehead atoms. The molecule has 0 amide bonds. The molecule has 2 nitrogen and oxygen atoms in total. The van der Waals surface area contributed by atoms with Crippen LogP contribution in [0.2, 0.25) is 0 Å². The molecule has 244 valence electrons. The number of para-hydroxylation sites is 6. The third-order valence-electron chi connectivity index (χ3n) is 10.4. The van der Waals surface area contributed by atoms with Gasteiger partial charge in [-0.25, -0.2) is 0 Å². The lowest BCUT2D eigenvalue weighted by atomic mass is 9.95. The number of aromatic nitrogens is 2. The third-order valence-corrected chi connectivity index (χ3v) is 10.4. The number of rotatable bonds is 6. The summed E-state index contributed by atoms with van der Waals surface area (Å²) in [6.07, 6.45) is 4.56. The van der Waals surface area contributed by atoms with E-state index in [-0.39, 0.29) is 0 Å². The van der Waals surface area contributed by atoms with Crippen molar-refractivity contribution in [2.24, 2.45) is 0 Å². The molecule has 8 aromatic carbocycles. The van der Waals surface area contributed by atoms with Crippen LogP contribution < -0.4 is 0 Å². The van der Waals surface area contributed by atoms with Crippen LogP contribution in [0.5, 0.6) is 0 Å². The standard InChI is InChI=1S/C50H34N2/c1-3-19-37(39-21-5-11-27-45(39)51-47-29-13-7-23-41(47)42-24-8-14-30-48(42)51)35(17-1)33-34-36-18-2-4-20-38(36)40-22-6-12-28-46(40)52-49-31-15-9-25-43(49)44-26-10-16-32-50(44)52/h1-34H. The molecule has 2 heterocycles. The first-order valence-electron chi connectivity index (χ1n) is 17.9. The van der Waals surface area contributed by atoms with Crippen molar-refractivity contribution in [2.75, 3.05) is 0 Å². The molecule has 2 aromatic heterocycles. The van der Waals surface area contributed by atoms with E-state index in [2.05, 4.69) is 215 Å². The van der Waals surface area contributed by atoms with Crippen LogP contribution in [0.3, 0.4) is 0 Å². The molecule has 2 heteroatoms. The summed E-state index contributed by atoms with van der Waals surface area (Å²) < 4.78 is 4.84. The van der Waals surface area contributed by atoms with Gasteiger partial charge in [0, 0.05) is 32.7 Å². The van der Waals surface area contributed by atoms with E-state index in [4.69, 9.17) is 0 Å². The van der Waals surface area contributed by atoms with E-state index in [0.29, 0.717) is 0 Å². The van der Waals surface area contributed by atoms with Crippen molar-refractivity contribution in [3.05, 3.63) is 205 Å². The SMILES string of the molecule is C(=Cc1ccccc1-c1ccccc1-n1c2ccccc2c2ccccc21)c1ccccc1-c1ccccc1-n1c2ccccc2c2ccccc21. The van der Waals surface area contributed by atoms with Gasteiger partial charge in [0.05, 0.1) is 33.4 Å². The number of benzene rings is 8. The summed E-state index contributed by atoms with van der Waals surface area (Å²) in [7, 11) is 0. The average molecular weight is 663 g/mol. The van der Waals surface area contributed by atoms with E-state index in [9.17, 15) is 0 Å². The van der Waals surface area contributed by atoms with Crippen LogP contribution in [0.4, 0.5) is 0 Å². The number of hydrogen-bond donors (Lipinski definition) is 0. The molecule has 0 aliphatic carbocycles. The summed E-state index contributed by atoms with van der Waals surface area (Å²) in [6.45, 7) is 0. The predicted molar refractivity (Wildman–Crippen MR) is 221 cm³/mol. The average Bonchev–Trinajstić information content (AvgIpc) is 3.73. The molecule has 0 fully saturated rings. The van der Waals surface area contributed by atoms with Crippen LogP contribution in [-0.2, 0) is 0 Å². The van der Waals surface area contributed by atoms with Crippen molar-refractivity contribution in [1.29, 1.82) is 0 Å². The maximum atomic E-state index is 2.42. The summed E-state index contributed by atoms with van der Waals surface area (Å²) in [4.78, 5) is 0. The van der Waals surface area contributed by atoms with Crippen LogP contribution in [0, 0.1) is 0 Å². The zero-order valence-electron chi connectivity index (χ0n) is 28.5. The molecule has 0 aliphatic rings. The van der Waals surface area contributed by atoms with E-state index in [1.54, 1.807) is 0 Å². The second-order valence-corrected chi connectivity index (χ2v) is 13.3. The van der Waals surface area contributed by atoms with Gasteiger partial charge in [-0.2, -0.15) is 0 Å². The molecule has 10 rings (SSSR count). The first-order chi connectivity index (χ1) is 25.8. The van der Waals surface area contributed by atoms with E-state index in [1.165, 1.54) is 88.4 Å². The van der Waals surface area contributed by atoms with Crippen LogP contribution in [0.25, 0.3) is 89.4 Å². The van der Waals surface area contributed by atoms with Crippen LogP contribution in [0.15, 0.2) is 194 Å². The van der Waals surface area contributed by atoms with Gasteiger partial charge in [-0.3, -0.25) is 0 Å². The number of fused-ring (bicyclic) bond motifs is 6. The lowest BCUT2D eigenvalue weighted by Gasteiger charge is -2.16. The Bertz CT molecular complexity index is 2660. The van der Waals surface area contributed by atoms with E-state index in [0.717, 1.165) is 0 Å². The lowest BCUT2D eigenvalue weighted by molar-refractivity contribution is 1.18. The summed E-state index contributed by atoms with van der Waals surface area (Å²) in [6, 6.07) is 69.9. The van der Waals surface area contributed by atoms with Gasteiger partial charge < -0.3 is 9.13 Å². The molecule has 0 unspecified atom stereocenters. The van der Waals surface area contributed by atoms with Gasteiger partial charge in [-0.15, -0.1) is 0 Å². The van der Waals surface area contributed by atoms with Gasteiger partial charge in [-0.1, -0.05) is 170 Å². The minimum Gasteiger partial charge on any atom is -0.309 e. The molecule has 0 spiro atoms. The second-order valence-electron chi connectivity index (χ2n) is 13.3. The highest BCUT2D eigenvalue weighted by molar-refractivity contribution is 6.11. The highest BCUT2D eigenvalue weighted by Crippen LogP contribution is 2.39. The Hall–Kier alpha value is -6.90. The van der Waals surface area contributed by atoms with Crippen molar-refractivity contribution < 1.29 is 0 Å². The minimum absolute atomic E-state index is 1.17. The minimum atomic E-state index is 1.17. The Kier molecular flexibility index (Phi) is 7.18. The van der Waals surface area contributed by atoms with Crippen LogP contribution in [-0.4, -0.2) is 9.13 Å². The first-order valence-corrected chi connectivity index (χ1v) is 17.9. The van der Waals surface area contributed by atoms with Crippen LogP contribution in [0.1, 0.15) is 11.1 Å². The fourth-order valence-electron chi connectivity index (χ4n) is 8.11. The Morgan fingerprint density at radius 3 is 0.885 bits per heavy atom. The second kappa shape index (κ2) is 12.5. The van der Waals surface area contributed by atoms with Crippen molar-refractivity contribution in [1.82, 2.24) is 9.13 Å². The fourth-order valence-corrected chi connectivity index (χ4v) is 8.11. The topological polar surface area (TPSA) is 9.86 Å². The van der Waals surface area contributed by atoms with Crippen molar-refractivity contribution >= 4 is 55.8 Å². The molecule has 52 heavy (non-hydrogen) atoms. The maximum absolute atomic E-state index is 2.42. The van der Waals surface area contributed by atoms with E-state index >= 15 is 0 Å². The molecule has 0 atom stereocenters. The largest absolute Gasteiger partial charge is 0.309 e. The summed E-state index contributed by atoms with van der Waals surface area (Å²) >= 11 is 0. The van der Waals surface area contributed by atoms with Crippen molar-refractivity contribution in [3.8, 4) is 33.6 Å². The Labute approximate surface area is 302 Å². The van der Waals surface area contributed by atoms with Crippen LogP contribution >= 0.6 is 0 Å². The molecule has 0 radical (unpaired) electrons. The van der Waals surface area contributed by atoms with Gasteiger partial charge in [0.2, 0.25) is 0 Å². The zero-order valence-corrected chi connectivity index (χ0v) is 28.5. The Morgan fingerprint density at radius 1 is 0.250 bits per heavy atom.